The van der Waals surface area contributed by atoms with Crippen molar-refractivity contribution in [2.75, 3.05) is 32.8 Å². The van der Waals surface area contributed by atoms with E-state index in [2.05, 4.69) is 17.2 Å². The molecule has 0 saturated carbocycles. The first-order valence-corrected chi connectivity index (χ1v) is 4.99. The van der Waals surface area contributed by atoms with Crippen LogP contribution in [-0.4, -0.2) is 38.8 Å². The van der Waals surface area contributed by atoms with Gasteiger partial charge in [-0.2, -0.15) is 0 Å². The van der Waals surface area contributed by atoms with Gasteiger partial charge >= 0.3 is 0 Å². The summed E-state index contributed by atoms with van der Waals surface area (Å²) in [6, 6.07) is 0. The van der Waals surface area contributed by atoms with Crippen molar-refractivity contribution in [3.8, 4) is 0 Å². The smallest absolute Gasteiger partial charge is 0.246 e. The summed E-state index contributed by atoms with van der Waals surface area (Å²) < 4.78 is 5.29. The van der Waals surface area contributed by atoms with E-state index in [0.29, 0.717) is 19.1 Å². The number of carbonyl (C=O) groups excluding carboxylic acids is 1. The standard InChI is InChI=1S/C10H18N2O2/c1-2-4-12-10(13)8-14-7-9-3-5-11-6-9/h2,9,11H,1,3-8H2,(H,12,13). The lowest BCUT2D eigenvalue weighted by molar-refractivity contribution is -0.125. The highest BCUT2D eigenvalue weighted by molar-refractivity contribution is 5.77. The van der Waals surface area contributed by atoms with Crippen LogP contribution in [0.2, 0.25) is 0 Å². The van der Waals surface area contributed by atoms with Crippen molar-refractivity contribution < 1.29 is 9.53 Å². The zero-order chi connectivity index (χ0) is 10.2. The topological polar surface area (TPSA) is 50.4 Å². The highest BCUT2D eigenvalue weighted by atomic mass is 16.5. The molecule has 1 amide bonds. The second-order valence-corrected chi connectivity index (χ2v) is 3.47. The van der Waals surface area contributed by atoms with Crippen LogP contribution in [0.4, 0.5) is 0 Å². The van der Waals surface area contributed by atoms with Crippen molar-refractivity contribution in [2.45, 2.75) is 6.42 Å². The van der Waals surface area contributed by atoms with Gasteiger partial charge < -0.3 is 15.4 Å². The van der Waals surface area contributed by atoms with E-state index >= 15 is 0 Å². The molecule has 0 aromatic rings. The monoisotopic (exact) mass is 198 g/mol. The van der Waals surface area contributed by atoms with E-state index in [1.54, 1.807) is 6.08 Å². The summed E-state index contributed by atoms with van der Waals surface area (Å²) in [6.45, 7) is 6.93. The van der Waals surface area contributed by atoms with Crippen molar-refractivity contribution in [2.24, 2.45) is 5.92 Å². The highest BCUT2D eigenvalue weighted by Crippen LogP contribution is 2.06. The molecule has 0 bridgehead atoms. The third-order valence-electron chi connectivity index (χ3n) is 2.19. The quantitative estimate of drug-likeness (QED) is 0.587. The summed E-state index contributed by atoms with van der Waals surface area (Å²) >= 11 is 0. The van der Waals surface area contributed by atoms with E-state index in [9.17, 15) is 4.79 Å². The first-order valence-electron chi connectivity index (χ1n) is 4.99. The van der Waals surface area contributed by atoms with Gasteiger partial charge in [-0.3, -0.25) is 4.79 Å². The molecule has 0 aromatic carbocycles. The number of amides is 1. The summed E-state index contributed by atoms with van der Waals surface area (Å²) in [5.74, 6) is 0.498. The van der Waals surface area contributed by atoms with Crippen LogP contribution in [0.3, 0.4) is 0 Å². The van der Waals surface area contributed by atoms with Crippen LogP contribution in [0.15, 0.2) is 12.7 Å². The molecule has 1 aliphatic heterocycles. The Morgan fingerprint density at radius 2 is 2.57 bits per heavy atom. The molecule has 1 saturated heterocycles. The van der Waals surface area contributed by atoms with Crippen LogP contribution < -0.4 is 10.6 Å². The lowest BCUT2D eigenvalue weighted by atomic mass is 10.1. The number of rotatable bonds is 6. The molecule has 2 N–H and O–H groups in total. The molecular formula is C10H18N2O2. The van der Waals surface area contributed by atoms with Crippen LogP contribution in [0.5, 0.6) is 0 Å². The molecule has 1 rings (SSSR count). The molecule has 1 heterocycles. The first-order chi connectivity index (χ1) is 6.83. The number of ether oxygens (including phenoxy) is 1. The summed E-state index contributed by atoms with van der Waals surface area (Å²) in [6.07, 6.45) is 2.80. The molecule has 80 valence electrons. The minimum atomic E-state index is -0.0733. The van der Waals surface area contributed by atoms with Gasteiger partial charge in [0.2, 0.25) is 5.91 Å². The Hall–Kier alpha value is -0.870. The Balaban J connectivity index is 1.96. The summed E-state index contributed by atoms with van der Waals surface area (Å²) in [7, 11) is 0. The Morgan fingerprint density at radius 3 is 3.21 bits per heavy atom. The van der Waals surface area contributed by atoms with E-state index in [1.165, 1.54) is 0 Å². The fourth-order valence-corrected chi connectivity index (χ4v) is 1.41. The minimum Gasteiger partial charge on any atom is -0.371 e. The van der Waals surface area contributed by atoms with Crippen LogP contribution in [0, 0.1) is 5.92 Å². The Labute approximate surface area is 84.7 Å². The van der Waals surface area contributed by atoms with Gasteiger partial charge in [0.05, 0.1) is 6.61 Å². The predicted molar refractivity (Wildman–Crippen MR) is 55.0 cm³/mol. The van der Waals surface area contributed by atoms with Gasteiger partial charge in [-0.1, -0.05) is 6.08 Å². The normalized spacial score (nSPS) is 20.7. The van der Waals surface area contributed by atoms with Crippen molar-refractivity contribution in [3.63, 3.8) is 0 Å². The first kappa shape index (κ1) is 11.2. The molecule has 0 radical (unpaired) electrons. The van der Waals surface area contributed by atoms with Gasteiger partial charge in [-0.15, -0.1) is 6.58 Å². The van der Waals surface area contributed by atoms with Gasteiger partial charge in [0.25, 0.3) is 0 Å². The average Bonchev–Trinajstić information content (AvgIpc) is 2.67. The van der Waals surface area contributed by atoms with Crippen LogP contribution in [0.1, 0.15) is 6.42 Å². The fourth-order valence-electron chi connectivity index (χ4n) is 1.41. The second-order valence-electron chi connectivity index (χ2n) is 3.47. The highest BCUT2D eigenvalue weighted by Gasteiger charge is 2.14. The molecule has 14 heavy (non-hydrogen) atoms. The minimum absolute atomic E-state index is 0.0733. The van der Waals surface area contributed by atoms with Crippen molar-refractivity contribution >= 4 is 5.91 Å². The lowest BCUT2D eigenvalue weighted by Crippen LogP contribution is -2.28. The van der Waals surface area contributed by atoms with Gasteiger partial charge in [0.1, 0.15) is 6.61 Å². The number of nitrogens with one attached hydrogen (secondary N) is 2. The summed E-state index contributed by atoms with van der Waals surface area (Å²) in [5, 5.41) is 5.91. The van der Waals surface area contributed by atoms with Crippen LogP contribution >= 0.6 is 0 Å². The van der Waals surface area contributed by atoms with Crippen molar-refractivity contribution in [1.82, 2.24) is 10.6 Å². The third-order valence-corrected chi connectivity index (χ3v) is 2.19. The van der Waals surface area contributed by atoms with E-state index < -0.39 is 0 Å². The number of hydrogen-bond acceptors (Lipinski definition) is 3. The SMILES string of the molecule is C=CCNC(=O)COCC1CCNC1. The second kappa shape index (κ2) is 6.56. The molecule has 1 atom stereocenters. The predicted octanol–water partition coefficient (Wildman–Crippen LogP) is -0.0853. The van der Waals surface area contributed by atoms with Crippen molar-refractivity contribution in [3.05, 3.63) is 12.7 Å². The molecule has 1 fully saturated rings. The Morgan fingerprint density at radius 1 is 1.71 bits per heavy atom. The molecule has 1 unspecified atom stereocenters. The molecular weight excluding hydrogens is 180 g/mol. The molecule has 0 aromatic heterocycles. The maximum atomic E-state index is 11.1. The van der Waals surface area contributed by atoms with E-state index in [-0.39, 0.29) is 12.5 Å². The van der Waals surface area contributed by atoms with E-state index in [4.69, 9.17) is 4.74 Å². The number of hydrogen-bond donors (Lipinski definition) is 2. The van der Waals surface area contributed by atoms with Gasteiger partial charge in [-0.05, 0) is 18.9 Å². The fraction of sp³-hybridized carbons (Fsp3) is 0.700. The average molecular weight is 198 g/mol. The maximum Gasteiger partial charge on any atom is 0.246 e. The Kier molecular flexibility index (Phi) is 5.25. The lowest BCUT2D eigenvalue weighted by Gasteiger charge is -2.08. The van der Waals surface area contributed by atoms with Gasteiger partial charge in [-0.25, -0.2) is 0 Å². The van der Waals surface area contributed by atoms with E-state index in [0.717, 1.165) is 19.5 Å². The maximum absolute atomic E-state index is 11.1. The van der Waals surface area contributed by atoms with Gasteiger partial charge in [0, 0.05) is 13.1 Å². The Bertz CT molecular complexity index is 189. The number of carbonyl (C=O) groups is 1. The molecule has 4 heteroatoms. The van der Waals surface area contributed by atoms with Crippen LogP contribution in [0.25, 0.3) is 0 Å². The third kappa shape index (κ3) is 4.39. The largest absolute Gasteiger partial charge is 0.371 e. The molecule has 0 aliphatic carbocycles. The van der Waals surface area contributed by atoms with Gasteiger partial charge in [0.15, 0.2) is 0 Å². The van der Waals surface area contributed by atoms with Crippen molar-refractivity contribution in [1.29, 1.82) is 0 Å². The zero-order valence-corrected chi connectivity index (χ0v) is 8.42. The zero-order valence-electron chi connectivity index (χ0n) is 8.42. The van der Waals surface area contributed by atoms with E-state index in [1.807, 2.05) is 0 Å². The summed E-state index contributed by atoms with van der Waals surface area (Å²) in [4.78, 5) is 11.1. The molecule has 4 nitrogen and oxygen atoms in total. The molecule has 1 aliphatic rings. The van der Waals surface area contributed by atoms with Crippen LogP contribution in [-0.2, 0) is 9.53 Å². The summed E-state index contributed by atoms with van der Waals surface area (Å²) in [5.41, 5.74) is 0. The molecule has 0 spiro atoms.